The van der Waals surface area contributed by atoms with Gasteiger partial charge in [-0.05, 0) is 17.7 Å². The molecule has 0 N–H and O–H groups in total. The predicted octanol–water partition coefficient (Wildman–Crippen LogP) is 3.38. The Kier molecular flexibility index (Phi) is 3.97. The van der Waals surface area contributed by atoms with E-state index in [-0.39, 0.29) is 0 Å². The van der Waals surface area contributed by atoms with Crippen LogP contribution in [-0.2, 0) is 6.54 Å². The van der Waals surface area contributed by atoms with E-state index in [2.05, 4.69) is 38.6 Å². The first-order valence-corrected chi connectivity index (χ1v) is 7.69. The lowest BCUT2D eigenvalue weighted by atomic mass is 10.2. The predicted molar refractivity (Wildman–Crippen MR) is 81.9 cm³/mol. The van der Waals surface area contributed by atoms with Gasteiger partial charge in [0.25, 0.3) is 0 Å². The van der Waals surface area contributed by atoms with Crippen LogP contribution in [0.15, 0.2) is 48.0 Å². The molecule has 0 saturated carbocycles. The van der Waals surface area contributed by atoms with Crippen molar-refractivity contribution in [2.75, 3.05) is 5.75 Å². The first-order valence-electron chi connectivity index (χ1n) is 6.71. The maximum Gasteiger partial charge on any atom is 0.164 e. The third kappa shape index (κ3) is 2.67. The van der Waals surface area contributed by atoms with Crippen LogP contribution in [0.5, 0.6) is 0 Å². The summed E-state index contributed by atoms with van der Waals surface area (Å²) in [6.45, 7) is 2.95. The minimum absolute atomic E-state index is 0.784. The van der Waals surface area contributed by atoms with E-state index in [1.807, 2.05) is 24.5 Å². The van der Waals surface area contributed by atoms with E-state index in [1.54, 1.807) is 18.1 Å². The van der Waals surface area contributed by atoms with Crippen LogP contribution in [0.2, 0.25) is 0 Å². The molecular formula is C15H16N4S. The van der Waals surface area contributed by atoms with Crippen molar-refractivity contribution in [1.29, 1.82) is 0 Å². The molecule has 4 nitrogen and oxygen atoms in total. The molecule has 1 aromatic carbocycles. The molecule has 102 valence electrons. The van der Waals surface area contributed by atoms with Crippen LogP contribution in [0.1, 0.15) is 18.9 Å². The van der Waals surface area contributed by atoms with Crippen LogP contribution in [0.4, 0.5) is 0 Å². The summed E-state index contributed by atoms with van der Waals surface area (Å²) in [7, 11) is 0. The zero-order valence-electron chi connectivity index (χ0n) is 11.4. The lowest BCUT2D eigenvalue weighted by Gasteiger charge is -2.04. The Bertz CT molecular complexity index is 693. The number of benzene rings is 1. The Hall–Kier alpha value is -1.88. The molecule has 2 aromatic heterocycles. The van der Waals surface area contributed by atoms with Crippen LogP contribution in [0.3, 0.4) is 0 Å². The van der Waals surface area contributed by atoms with Crippen molar-refractivity contribution in [2.45, 2.75) is 24.9 Å². The summed E-state index contributed by atoms with van der Waals surface area (Å²) >= 11 is 1.74. The van der Waals surface area contributed by atoms with Crippen molar-refractivity contribution < 1.29 is 0 Å². The van der Waals surface area contributed by atoms with Crippen molar-refractivity contribution in [3.8, 4) is 0 Å². The SMILES string of the molecule is CCCSc1ncnc2c1ncn2Cc1ccccc1. The fourth-order valence-electron chi connectivity index (χ4n) is 2.06. The second-order valence-electron chi connectivity index (χ2n) is 4.56. The fraction of sp³-hybridized carbons (Fsp3) is 0.267. The molecule has 0 bridgehead atoms. The molecule has 0 amide bonds. The Morgan fingerprint density at radius 3 is 2.75 bits per heavy atom. The van der Waals surface area contributed by atoms with Crippen molar-refractivity contribution in [3.05, 3.63) is 48.5 Å². The minimum Gasteiger partial charge on any atom is -0.311 e. The normalized spacial score (nSPS) is 11.1. The van der Waals surface area contributed by atoms with Gasteiger partial charge in [0.2, 0.25) is 0 Å². The van der Waals surface area contributed by atoms with Crippen LogP contribution in [-0.4, -0.2) is 25.3 Å². The number of fused-ring (bicyclic) bond motifs is 1. The van der Waals surface area contributed by atoms with Crippen molar-refractivity contribution in [3.63, 3.8) is 0 Å². The van der Waals surface area contributed by atoms with Crippen molar-refractivity contribution in [1.82, 2.24) is 19.5 Å². The van der Waals surface area contributed by atoms with Crippen LogP contribution in [0.25, 0.3) is 11.2 Å². The van der Waals surface area contributed by atoms with Gasteiger partial charge in [-0.3, -0.25) is 0 Å². The van der Waals surface area contributed by atoms with Gasteiger partial charge >= 0.3 is 0 Å². The summed E-state index contributed by atoms with van der Waals surface area (Å²) in [5.74, 6) is 1.05. The molecule has 0 aliphatic heterocycles. The molecule has 2 heterocycles. The Morgan fingerprint density at radius 1 is 1.10 bits per heavy atom. The number of thioether (sulfide) groups is 1. The molecule has 3 rings (SSSR count). The molecule has 0 radical (unpaired) electrons. The summed E-state index contributed by atoms with van der Waals surface area (Å²) < 4.78 is 2.07. The molecule has 20 heavy (non-hydrogen) atoms. The first-order chi connectivity index (χ1) is 9.88. The van der Waals surface area contributed by atoms with E-state index < -0.39 is 0 Å². The standard InChI is InChI=1S/C15H16N4S/c1-2-8-20-15-13-14(16-10-17-15)19(11-18-13)9-12-6-4-3-5-7-12/h3-7,10-11H,2,8-9H2,1H3. The molecule has 0 saturated heterocycles. The van der Waals surface area contributed by atoms with Crippen LogP contribution < -0.4 is 0 Å². The molecule has 5 heteroatoms. The third-order valence-electron chi connectivity index (χ3n) is 3.01. The highest BCUT2D eigenvalue weighted by molar-refractivity contribution is 7.99. The summed E-state index contributed by atoms with van der Waals surface area (Å²) in [5, 5.41) is 0.976. The smallest absolute Gasteiger partial charge is 0.164 e. The molecule has 0 unspecified atom stereocenters. The molecule has 0 aliphatic carbocycles. The monoisotopic (exact) mass is 284 g/mol. The van der Waals surface area contributed by atoms with Gasteiger partial charge in [-0.2, -0.15) is 0 Å². The lowest BCUT2D eigenvalue weighted by molar-refractivity contribution is 0.812. The van der Waals surface area contributed by atoms with Gasteiger partial charge in [-0.25, -0.2) is 15.0 Å². The average molecular weight is 284 g/mol. The van der Waals surface area contributed by atoms with E-state index >= 15 is 0 Å². The highest BCUT2D eigenvalue weighted by atomic mass is 32.2. The summed E-state index contributed by atoms with van der Waals surface area (Å²) in [4.78, 5) is 13.2. The maximum absolute atomic E-state index is 4.48. The number of rotatable bonds is 5. The summed E-state index contributed by atoms with van der Waals surface area (Å²) in [6.07, 6.45) is 4.60. The van der Waals surface area contributed by atoms with Crippen LogP contribution >= 0.6 is 11.8 Å². The van der Waals surface area contributed by atoms with Crippen molar-refractivity contribution >= 4 is 22.9 Å². The third-order valence-corrected chi connectivity index (χ3v) is 4.19. The quantitative estimate of drug-likeness (QED) is 0.532. The number of hydrogen-bond acceptors (Lipinski definition) is 4. The second-order valence-corrected chi connectivity index (χ2v) is 5.64. The Morgan fingerprint density at radius 2 is 1.95 bits per heavy atom. The zero-order valence-corrected chi connectivity index (χ0v) is 12.2. The average Bonchev–Trinajstić information content (AvgIpc) is 2.90. The second kappa shape index (κ2) is 6.05. The van der Waals surface area contributed by atoms with Gasteiger partial charge in [0.1, 0.15) is 16.9 Å². The number of hydrogen-bond donors (Lipinski definition) is 0. The van der Waals surface area contributed by atoms with Gasteiger partial charge < -0.3 is 4.57 Å². The zero-order chi connectivity index (χ0) is 13.8. The molecule has 3 aromatic rings. The largest absolute Gasteiger partial charge is 0.311 e. The fourth-order valence-corrected chi connectivity index (χ4v) is 2.86. The molecule has 0 aliphatic rings. The highest BCUT2D eigenvalue weighted by Crippen LogP contribution is 2.23. The van der Waals surface area contributed by atoms with E-state index in [4.69, 9.17) is 0 Å². The van der Waals surface area contributed by atoms with E-state index in [0.717, 1.165) is 34.9 Å². The molecule has 0 spiro atoms. The molecule has 0 fully saturated rings. The minimum atomic E-state index is 0.784. The number of aromatic nitrogens is 4. The Labute approximate surface area is 122 Å². The summed E-state index contributed by atoms with van der Waals surface area (Å²) in [5.41, 5.74) is 3.05. The topological polar surface area (TPSA) is 43.6 Å². The van der Waals surface area contributed by atoms with E-state index in [1.165, 1.54) is 5.56 Å². The van der Waals surface area contributed by atoms with Crippen molar-refractivity contribution in [2.24, 2.45) is 0 Å². The first kappa shape index (κ1) is 13.1. The van der Waals surface area contributed by atoms with Gasteiger partial charge in [0.15, 0.2) is 5.65 Å². The van der Waals surface area contributed by atoms with Gasteiger partial charge in [-0.15, -0.1) is 11.8 Å². The lowest BCUT2D eigenvalue weighted by Crippen LogP contribution is -1.99. The number of imidazole rings is 1. The van der Waals surface area contributed by atoms with Gasteiger partial charge in [0, 0.05) is 0 Å². The van der Waals surface area contributed by atoms with E-state index in [9.17, 15) is 0 Å². The summed E-state index contributed by atoms with van der Waals surface area (Å²) in [6, 6.07) is 10.3. The molecule has 0 atom stereocenters. The highest BCUT2D eigenvalue weighted by Gasteiger charge is 2.10. The van der Waals surface area contributed by atoms with Crippen LogP contribution in [0, 0.1) is 0 Å². The van der Waals surface area contributed by atoms with Gasteiger partial charge in [-0.1, -0.05) is 37.3 Å². The van der Waals surface area contributed by atoms with E-state index in [0.29, 0.717) is 0 Å². The Balaban J connectivity index is 1.93. The van der Waals surface area contributed by atoms with Gasteiger partial charge in [0.05, 0.1) is 12.9 Å². The molecular weight excluding hydrogens is 268 g/mol. The number of nitrogens with zero attached hydrogens (tertiary/aromatic N) is 4. The maximum atomic E-state index is 4.48.